The minimum Gasteiger partial charge on any atom is -0.299 e. The molecule has 2 aromatic rings. The number of likely N-dealkylation sites (tertiary alicyclic amines) is 1. The maximum atomic E-state index is 12.9. The molecule has 2 aliphatic heterocycles. The number of aryl methyl sites for hydroxylation is 1. The lowest BCUT2D eigenvalue weighted by molar-refractivity contribution is 0.260. The van der Waals surface area contributed by atoms with Crippen LogP contribution in [-0.4, -0.2) is 49.3 Å². The number of rotatable bonds is 3. The molecule has 0 bridgehead atoms. The fourth-order valence-electron chi connectivity index (χ4n) is 4.45. The van der Waals surface area contributed by atoms with Crippen molar-refractivity contribution in [3.8, 4) is 0 Å². The number of hydrogen-bond donors (Lipinski definition) is 0. The highest BCUT2D eigenvalue weighted by atomic mass is 32.2. The van der Waals surface area contributed by atoms with Crippen LogP contribution >= 0.6 is 0 Å². The molecule has 0 N–H and O–H groups in total. The van der Waals surface area contributed by atoms with Gasteiger partial charge in [0, 0.05) is 38.1 Å². The quantitative estimate of drug-likeness (QED) is 0.846. The van der Waals surface area contributed by atoms with E-state index in [1.165, 1.54) is 17.3 Å². The average molecular weight is 357 g/mol. The molecule has 5 nitrogen and oxygen atoms in total. The van der Waals surface area contributed by atoms with E-state index < -0.39 is 10.0 Å². The first-order valence-electron chi connectivity index (χ1n) is 8.64. The molecular formula is C19H23N3O2S. The van der Waals surface area contributed by atoms with E-state index in [4.69, 9.17) is 0 Å². The van der Waals surface area contributed by atoms with Gasteiger partial charge in [-0.3, -0.25) is 9.88 Å². The largest absolute Gasteiger partial charge is 0.299 e. The maximum absolute atomic E-state index is 12.9. The molecule has 3 heterocycles. The Morgan fingerprint density at radius 3 is 2.60 bits per heavy atom. The zero-order valence-corrected chi connectivity index (χ0v) is 15.4. The van der Waals surface area contributed by atoms with E-state index in [0.717, 1.165) is 6.54 Å². The van der Waals surface area contributed by atoms with Crippen LogP contribution < -0.4 is 0 Å². The van der Waals surface area contributed by atoms with Crippen LogP contribution in [0.15, 0.2) is 53.7 Å². The average Bonchev–Trinajstić information content (AvgIpc) is 3.14. The third kappa shape index (κ3) is 2.78. The lowest BCUT2D eigenvalue weighted by atomic mass is 9.88. The molecule has 25 heavy (non-hydrogen) atoms. The predicted octanol–water partition coefficient (Wildman–Crippen LogP) is 2.31. The topological polar surface area (TPSA) is 53.5 Å². The summed E-state index contributed by atoms with van der Waals surface area (Å²) in [5.74, 6) is 0.707. The minimum atomic E-state index is -3.46. The van der Waals surface area contributed by atoms with Gasteiger partial charge in [-0.1, -0.05) is 24.3 Å². The molecule has 3 atom stereocenters. The zero-order valence-electron chi connectivity index (χ0n) is 14.5. The Morgan fingerprint density at radius 2 is 1.88 bits per heavy atom. The van der Waals surface area contributed by atoms with Gasteiger partial charge in [-0.2, -0.15) is 4.31 Å². The van der Waals surface area contributed by atoms with Crippen LogP contribution in [0, 0.1) is 18.8 Å². The van der Waals surface area contributed by atoms with Crippen molar-refractivity contribution < 1.29 is 8.42 Å². The number of fused-ring (bicyclic) bond motifs is 1. The van der Waals surface area contributed by atoms with Crippen LogP contribution in [0.3, 0.4) is 0 Å². The fraction of sp³-hybridized carbons (Fsp3) is 0.421. The molecule has 2 aliphatic rings. The summed E-state index contributed by atoms with van der Waals surface area (Å²) < 4.78 is 27.5. The molecule has 0 spiro atoms. The Balaban J connectivity index is 1.63. The Morgan fingerprint density at radius 1 is 1.08 bits per heavy atom. The van der Waals surface area contributed by atoms with Crippen LogP contribution in [0.4, 0.5) is 0 Å². The van der Waals surface area contributed by atoms with E-state index in [1.807, 2.05) is 0 Å². The molecule has 2 fully saturated rings. The summed E-state index contributed by atoms with van der Waals surface area (Å²) in [4.78, 5) is 6.64. The normalized spacial score (nSPS) is 27.5. The van der Waals surface area contributed by atoms with Crippen molar-refractivity contribution in [3.05, 3.63) is 59.9 Å². The molecule has 2 saturated heterocycles. The van der Waals surface area contributed by atoms with E-state index >= 15 is 0 Å². The second-order valence-corrected chi connectivity index (χ2v) is 9.11. The van der Waals surface area contributed by atoms with Gasteiger partial charge in [0.15, 0.2) is 0 Å². The molecule has 4 rings (SSSR count). The number of hydrogen-bond acceptors (Lipinski definition) is 4. The first kappa shape index (κ1) is 16.7. The summed E-state index contributed by atoms with van der Waals surface area (Å²) in [6.45, 7) is 4.23. The van der Waals surface area contributed by atoms with Crippen molar-refractivity contribution in [2.24, 2.45) is 11.8 Å². The van der Waals surface area contributed by atoms with Crippen molar-refractivity contribution in [2.45, 2.75) is 17.9 Å². The third-order valence-corrected chi connectivity index (χ3v) is 7.46. The van der Waals surface area contributed by atoms with Gasteiger partial charge >= 0.3 is 0 Å². The second-order valence-electron chi connectivity index (χ2n) is 7.18. The lowest BCUT2D eigenvalue weighted by Gasteiger charge is -2.27. The standard InChI is InChI=1S/C19H23N3O2S/c1-14-6-3-4-8-17(14)19-18-13-22(12-15(18)11-21(19)2)25(23,24)16-7-5-9-20-10-16/h3-10,15,18-19H,11-13H2,1-2H3/t15-,18+,19-/m0/s1. The van der Waals surface area contributed by atoms with E-state index in [2.05, 4.69) is 48.1 Å². The predicted molar refractivity (Wildman–Crippen MR) is 96.5 cm³/mol. The van der Waals surface area contributed by atoms with Crippen LogP contribution in [-0.2, 0) is 10.0 Å². The molecule has 6 heteroatoms. The highest BCUT2D eigenvalue weighted by molar-refractivity contribution is 7.89. The second kappa shape index (κ2) is 6.20. The van der Waals surface area contributed by atoms with E-state index in [-0.39, 0.29) is 10.9 Å². The van der Waals surface area contributed by atoms with Crippen molar-refractivity contribution >= 4 is 10.0 Å². The minimum absolute atomic E-state index is 0.278. The summed E-state index contributed by atoms with van der Waals surface area (Å²) >= 11 is 0. The number of benzene rings is 1. The highest BCUT2D eigenvalue weighted by Gasteiger charge is 2.49. The molecule has 0 unspecified atom stereocenters. The highest BCUT2D eigenvalue weighted by Crippen LogP contribution is 2.45. The maximum Gasteiger partial charge on any atom is 0.244 e. The van der Waals surface area contributed by atoms with Gasteiger partial charge < -0.3 is 0 Å². The van der Waals surface area contributed by atoms with Gasteiger partial charge in [-0.15, -0.1) is 0 Å². The SMILES string of the molecule is Cc1ccccc1[C@H]1[C@@H]2CN(S(=O)(=O)c3cccnc3)C[C@@H]2CN1C. The van der Waals surface area contributed by atoms with Crippen molar-refractivity contribution in [2.75, 3.05) is 26.7 Å². The smallest absolute Gasteiger partial charge is 0.244 e. The fourth-order valence-corrected chi connectivity index (χ4v) is 5.95. The molecule has 1 aromatic heterocycles. The molecule has 0 amide bonds. The van der Waals surface area contributed by atoms with Crippen LogP contribution in [0.5, 0.6) is 0 Å². The van der Waals surface area contributed by atoms with E-state index in [9.17, 15) is 8.42 Å². The number of aromatic nitrogens is 1. The van der Waals surface area contributed by atoms with Crippen molar-refractivity contribution in [1.82, 2.24) is 14.2 Å². The third-order valence-electron chi connectivity index (χ3n) is 5.64. The van der Waals surface area contributed by atoms with E-state index in [1.54, 1.807) is 22.6 Å². The molecular weight excluding hydrogens is 334 g/mol. The Hall–Kier alpha value is -1.76. The molecule has 0 saturated carbocycles. The van der Waals surface area contributed by atoms with Crippen LogP contribution in [0.1, 0.15) is 17.2 Å². The first-order valence-corrected chi connectivity index (χ1v) is 10.1. The van der Waals surface area contributed by atoms with E-state index in [0.29, 0.717) is 24.9 Å². The molecule has 0 aliphatic carbocycles. The Bertz CT molecular complexity index is 869. The molecule has 0 radical (unpaired) electrons. The summed E-state index contributed by atoms with van der Waals surface area (Å²) in [6, 6.07) is 12.0. The Labute approximate surface area is 149 Å². The van der Waals surface area contributed by atoms with Crippen molar-refractivity contribution in [3.63, 3.8) is 0 Å². The van der Waals surface area contributed by atoms with Gasteiger partial charge in [-0.05, 0) is 49.1 Å². The first-order chi connectivity index (χ1) is 12.0. The summed E-state index contributed by atoms with van der Waals surface area (Å²) in [6.07, 6.45) is 3.04. The molecule has 132 valence electrons. The number of sulfonamides is 1. The molecule has 1 aromatic carbocycles. The summed E-state index contributed by atoms with van der Waals surface area (Å²) in [5, 5.41) is 0. The Kier molecular flexibility index (Phi) is 4.14. The van der Waals surface area contributed by atoms with Crippen molar-refractivity contribution in [1.29, 1.82) is 0 Å². The van der Waals surface area contributed by atoms with Gasteiger partial charge in [-0.25, -0.2) is 8.42 Å². The van der Waals surface area contributed by atoms with Gasteiger partial charge in [0.05, 0.1) is 0 Å². The van der Waals surface area contributed by atoms with Gasteiger partial charge in [0.25, 0.3) is 0 Å². The summed E-state index contributed by atoms with van der Waals surface area (Å²) in [5.41, 5.74) is 2.59. The number of pyridine rings is 1. The summed E-state index contributed by atoms with van der Waals surface area (Å²) in [7, 11) is -1.31. The van der Waals surface area contributed by atoms with Crippen LogP contribution in [0.25, 0.3) is 0 Å². The zero-order chi connectivity index (χ0) is 17.6. The number of nitrogens with zero attached hydrogens (tertiary/aromatic N) is 3. The van der Waals surface area contributed by atoms with Gasteiger partial charge in [0.2, 0.25) is 10.0 Å². The van der Waals surface area contributed by atoms with Gasteiger partial charge in [0.1, 0.15) is 4.90 Å². The lowest BCUT2D eigenvalue weighted by Crippen LogP contribution is -2.33. The van der Waals surface area contributed by atoms with Crippen LogP contribution in [0.2, 0.25) is 0 Å². The monoisotopic (exact) mass is 357 g/mol.